The Kier molecular flexibility index (Phi) is 5.57. The first-order valence-electron chi connectivity index (χ1n) is 10.2. The Balaban J connectivity index is 1.51. The minimum absolute atomic E-state index is 0.000349. The van der Waals surface area contributed by atoms with Crippen molar-refractivity contribution in [1.29, 1.82) is 0 Å². The van der Waals surface area contributed by atoms with Gasteiger partial charge in [-0.3, -0.25) is 9.78 Å². The molecule has 1 N–H and O–H groups in total. The molecule has 3 aromatic rings. The molecule has 2 aromatic heterocycles. The monoisotopic (exact) mass is 404 g/mol. The number of aryl methyl sites for hydroxylation is 1. The van der Waals surface area contributed by atoms with Gasteiger partial charge in [0.15, 0.2) is 5.82 Å². The lowest BCUT2D eigenvalue weighted by Gasteiger charge is -2.36. The Hall–Kier alpha value is -3.15. The summed E-state index contributed by atoms with van der Waals surface area (Å²) in [5, 5.41) is 3.13. The number of rotatable bonds is 5. The third-order valence-electron chi connectivity index (χ3n) is 5.53. The summed E-state index contributed by atoms with van der Waals surface area (Å²) in [6.45, 7) is 4.37. The summed E-state index contributed by atoms with van der Waals surface area (Å²) in [5.74, 6) is 0.301. The summed E-state index contributed by atoms with van der Waals surface area (Å²) in [6, 6.07) is 10.2. The van der Waals surface area contributed by atoms with E-state index in [-0.39, 0.29) is 29.6 Å². The molecular formula is C24H25FN4O. The molecule has 0 aliphatic heterocycles. The SMILES string of the molecule is CC1(C)Cc2nc(-c3ccncc3)ncc2[C@H](NC(=O)CCc2ccccc2F)C1. The Morgan fingerprint density at radius 3 is 2.73 bits per heavy atom. The molecule has 30 heavy (non-hydrogen) atoms. The second kappa shape index (κ2) is 8.30. The van der Waals surface area contributed by atoms with Crippen LogP contribution in [0.2, 0.25) is 0 Å². The summed E-state index contributed by atoms with van der Waals surface area (Å²) in [5.41, 5.74) is 3.41. The van der Waals surface area contributed by atoms with Crippen molar-refractivity contribution in [2.75, 3.05) is 0 Å². The molecule has 0 unspecified atom stereocenters. The highest BCUT2D eigenvalue weighted by atomic mass is 19.1. The predicted molar refractivity (Wildman–Crippen MR) is 113 cm³/mol. The molecule has 1 aliphatic carbocycles. The van der Waals surface area contributed by atoms with Gasteiger partial charge < -0.3 is 5.32 Å². The van der Waals surface area contributed by atoms with Crippen molar-refractivity contribution in [1.82, 2.24) is 20.3 Å². The minimum Gasteiger partial charge on any atom is -0.349 e. The van der Waals surface area contributed by atoms with Crippen molar-refractivity contribution in [3.63, 3.8) is 0 Å². The zero-order valence-electron chi connectivity index (χ0n) is 17.2. The molecule has 6 heteroatoms. The summed E-state index contributed by atoms with van der Waals surface area (Å²) in [7, 11) is 0. The number of pyridine rings is 1. The fourth-order valence-corrected chi connectivity index (χ4v) is 4.03. The second-order valence-corrected chi connectivity index (χ2v) is 8.59. The van der Waals surface area contributed by atoms with Gasteiger partial charge in [-0.1, -0.05) is 32.0 Å². The van der Waals surface area contributed by atoms with Crippen molar-refractivity contribution >= 4 is 5.91 Å². The maximum absolute atomic E-state index is 13.8. The minimum atomic E-state index is -0.272. The molecule has 1 atom stereocenters. The molecule has 0 saturated carbocycles. The topological polar surface area (TPSA) is 67.8 Å². The molecule has 4 rings (SSSR count). The van der Waals surface area contributed by atoms with Crippen molar-refractivity contribution in [2.45, 2.75) is 45.6 Å². The van der Waals surface area contributed by atoms with Gasteiger partial charge in [-0.25, -0.2) is 14.4 Å². The fourth-order valence-electron chi connectivity index (χ4n) is 4.03. The van der Waals surface area contributed by atoms with Gasteiger partial charge in [-0.05, 0) is 48.4 Å². The van der Waals surface area contributed by atoms with E-state index in [9.17, 15) is 9.18 Å². The summed E-state index contributed by atoms with van der Waals surface area (Å²) < 4.78 is 13.8. The molecule has 154 valence electrons. The van der Waals surface area contributed by atoms with Gasteiger partial charge in [0, 0.05) is 36.1 Å². The normalized spacial score (nSPS) is 17.2. The van der Waals surface area contributed by atoms with Crippen LogP contribution in [0, 0.1) is 11.2 Å². The van der Waals surface area contributed by atoms with Gasteiger partial charge in [0.2, 0.25) is 5.91 Å². The lowest BCUT2D eigenvalue weighted by atomic mass is 9.74. The van der Waals surface area contributed by atoms with Crippen LogP contribution in [0.5, 0.6) is 0 Å². The number of nitrogens with one attached hydrogen (secondary N) is 1. The number of amides is 1. The van der Waals surface area contributed by atoms with Gasteiger partial charge in [-0.2, -0.15) is 0 Å². The van der Waals surface area contributed by atoms with Gasteiger partial charge in [0.25, 0.3) is 0 Å². The smallest absolute Gasteiger partial charge is 0.220 e. The molecule has 1 amide bonds. The van der Waals surface area contributed by atoms with E-state index in [0.717, 1.165) is 29.7 Å². The van der Waals surface area contributed by atoms with Gasteiger partial charge in [0.05, 0.1) is 11.7 Å². The fraction of sp³-hybridized carbons (Fsp3) is 0.333. The van der Waals surface area contributed by atoms with Crippen LogP contribution in [0.25, 0.3) is 11.4 Å². The van der Waals surface area contributed by atoms with Gasteiger partial charge in [0.1, 0.15) is 5.82 Å². The van der Waals surface area contributed by atoms with Crippen LogP contribution in [-0.4, -0.2) is 20.9 Å². The molecule has 5 nitrogen and oxygen atoms in total. The Morgan fingerprint density at radius 1 is 1.20 bits per heavy atom. The number of nitrogens with zero attached hydrogens (tertiary/aromatic N) is 3. The third kappa shape index (κ3) is 4.53. The van der Waals surface area contributed by atoms with Crippen LogP contribution in [0.3, 0.4) is 0 Å². The van der Waals surface area contributed by atoms with Crippen LogP contribution >= 0.6 is 0 Å². The summed E-state index contributed by atoms with van der Waals surface area (Å²) in [6.07, 6.45) is 7.52. The molecule has 0 bridgehead atoms. The predicted octanol–water partition coefficient (Wildman–Crippen LogP) is 4.44. The molecule has 0 saturated heterocycles. The van der Waals surface area contributed by atoms with Gasteiger partial charge in [-0.15, -0.1) is 0 Å². The van der Waals surface area contributed by atoms with E-state index in [1.807, 2.05) is 18.3 Å². The first-order valence-corrected chi connectivity index (χ1v) is 10.2. The van der Waals surface area contributed by atoms with E-state index in [2.05, 4.69) is 29.1 Å². The third-order valence-corrected chi connectivity index (χ3v) is 5.53. The van der Waals surface area contributed by atoms with Crippen LogP contribution in [0.15, 0.2) is 55.0 Å². The number of halogens is 1. The van der Waals surface area contributed by atoms with E-state index in [1.165, 1.54) is 6.07 Å². The number of hydrogen-bond donors (Lipinski definition) is 1. The van der Waals surface area contributed by atoms with Gasteiger partial charge >= 0.3 is 0 Å². The highest BCUT2D eigenvalue weighted by Gasteiger charge is 2.34. The summed E-state index contributed by atoms with van der Waals surface area (Å²) in [4.78, 5) is 26.0. The first-order chi connectivity index (χ1) is 14.4. The lowest BCUT2D eigenvalue weighted by molar-refractivity contribution is -0.122. The van der Waals surface area contributed by atoms with Crippen LogP contribution in [0.4, 0.5) is 4.39 Å². The first kappa shape index (κ1) is 20.1. The summed E-state index contributed by atoms with van der Waals surface area (Å²) >= 11 is 0. The number of carbonyl (C=O) groups excluding carboxylic acids is 1. The van der Waals surface area contributed by atoms with E-state index >= 15 is 0 Å². The van der Waals surface area contributed by atoms with E-state index < -0.39 is 0 Å². The molecule has 1 aromatic carbocycles. The zero-order valence-corrected chi connectivity index (χ0v) is 17.2. The number of benzene rings is 1. The lowest BCUT2D eigenvalue weighted by Crippen LogP contribution is -2.37. The largest absolute Gasteiger partial charge is 0.349 e. The van der Waals surface area contributed by atoms with E-state index in [4.69, 9.17) is 4.98 Å². The standard InChI is InChI=1S/C24H25FN4O/c1-24(2)13-20(28-22(30)8-7-16-5-3-4-6-19(16)25)18-15-27-23(29-21(18)14-24)17-9-11-26-12-10-17/h3-6,9-12,15,20H,7-8,13-14H2,1-2H3,(H,28,30)/t20-/m1/s1. The number of carbonyl (C=O) groups is 1. The van der Waals surface area contributed by atoms with Crippen molar-refractivity contribution in [3.05, 3.63) is 77.6 Å². The van der Waals surface area contributed by atoms with Crippen LogP contribution < -0.4 is 5.32 Å². The van der Waals surface area contributed by atoms with Crippen molar-refractivity contribution < 1.29 is 9.18 Å². The number of fused-ring (bicyclic) bond motifs is 1. The molecule has 0 radical (unpaired) electrons. The highest BCUT2D eigenvalue weighted by Crippen LogP contribution is 2.40. The Morgan fingerprint density at radius 2 is 1.97 bits per heavy atom. The average molecular weight is 404 g/mol. The van der Waals surface area contributed by atoms with E-state index in [1.54, 1.807) is 30.6 Å². The molecule has 1 aliphatic rings. The molecule has 0 fully saturated rings. The van der Waals surface area contributed by atoms with Crippen molar-refractivity contribution in [2.24, 2.45) is 5.41 Å². The molecule has 2 heterocycles. The Bertz CT molecular complexity index is 1050. The maximum Gasteiger partial charge on any atom is 0.220 e. The molecule has 0 spiro atoms. The van der Waals surface area contributed by atoms with Crippen LogP contribution in [0.1, 0.15) is 49.6 Å². The number of hydrogen-bond acceptors (Lipinski definition) is 4. The average Bonchev–Trinajstić information content (AvgIpc) is 2.72. The second-order valence-electron chi connectivity index (χ2n) is 8.59. The quantitative estimate of drug-likeness (QED) is 0.683. The maximum atomic E-state index is 13.8. The Labute approximate surface area is 175 Å². The van der Waals surface area contributed by atoms with Crippen LogP contribution in [-0.2, 0) is 17.6 Å². The number of aromatic nitrogens is 3. The highest BCUT2D eigenvalue weighted by molar-refractivity contribution is 5.76. The zero-order chi connectivity index (χ0) is 21.1. The van der Waals surface area contributed by atoms with Crippen molar-refractivity contribution in [3.8, 4) is 11.4 Å². The molecular weight excluding hydrogens is 379 g/mol. The van der Waals surface area contributed by atoms with E-state index in [0.29, 0.717) is 17.8 Å².